The van der Waals surface area contributed by atoms with Gasteiger partial charge in [-0.3, -0.25) is 10.1 Å². The zero-order valence-electron chi connectivity index (χ0n) is 12.4. The molecule has 0 fully saturated rings. The molecule has 124 valence electrons. The van der Waals surface area contributed by atoms with Crippen molar-refractivity contribution in [1.29, 1.82) is 0 Å². The zero-order chi connectivity index (χ0) is 15.9. The zero-order valence-corrected chi connectivity index (χ0v) is 13.2. The van der Waals surface area contributed by atoms with Crippen molar-refractivity contribution in [2.45, 2.75) is 6.54 Å². The summed E-state index contributed by atoms with van der Waals surface area (Å²) in [6, 6.07) is 8.38. The van der Waals surface area contributed by atoms with Crippen LogP contribution in [-0.2, 0) is 6.54 Å². The first-order chi connectivity index (χ1) is 10.6. The third kappa shape index (κ3) is 5.61. The van der Waals surface area contributed by atoms with E-state index in [1.165, 1.54) is 12.3 Å². The van der Waals surface area contributed by atoms with Crippen LogP contribution in [0.4, 0.5) is 22.9 Å². The van der Waals surface area contributed by atoms with Gasteiger partial charge >= 0.3 is 0 Å². The fourth-order valence-corrected chi connectivity index (χ4v) is 1.88. The molecule has 0 aliphatic heterocycles. The minimum atomic E-state index is -0.478. The normalized spacial score (nSPS) is 9.91. The number of nitrogens with two attached hydrogens (primary N) is 2. The Morgan fingerprint density at radius 1 is 1.17 bits per heavy atom. The van der Waals surface area contributed by atoms with Gasteiger partial charge in [0.15, 0.2) is 0 Å². The maximum atomic E-state index is 10.5. The molecule has 1 aromatic carbocycles. The second kappa shape index (κ2) is 8.76. The third-order valence-electron chi connectivity index (χ3n) is 3.05. The number of nitro groups is 1. The molecule has 0 saturated carbocycles. The van der Waals surface area contributed by atoms with Crippen molar-refractivity contribution >= 4 is 35.3 Å². The molecule has 0 aliphatic rings. The summed E-state index contributed by atoms with van der Waals surface area (Å²) < 4.78 is 0. The van der Waals surface area contributed by atoms with Gasteiger partial charge in [-0.25, -0.2) is 4.98 Å². The topological polar surface area (TPSA) is 132 Å². The Morgan fingerprint density at radius 3 is 2.61 bits per heavy atom. The maximum Gasteiger partial charge on any atom is 0.287 e. The summed E-state index contributed by atoms with van der Waals surface area (Å²) in [6.45, 7) is 1.94. The van der Waals surface area contributed by atoms with E-state index in [0.29, 0.717) is 36.8 Å². The Hall–Kier alpha value is -2.58. The lowest BCUT2D eigenvalue weighted by Gasteiger charge is -2.09. The number of nitrogens with zero attached hydrogens (tertiary/aromatic N) is 2. The van der Waals surface area contributed by atoms with Crippen LogP contribution in [0.3, 0.4) is 0 Å². The van der Waals surface area contributed by atoms with Gasteiger partial charge in [0.2, 0.25) is 0 Å². The molecule has 2 aromatic rings. The molecule has 23 heavy (non-hydrogen) atoms. The Bertz CT molecular complexity index is 650. The van der Waals surface area contributed by atoms with Crippen LogP contribution in [0.25, 0.3) is 0 Å². The van der Waals surface area contributed by atoms with Crippen molar-refractivity contribution < 1.29 is 4.92 Å². The van der Waals surface area contributed by atoms with E-state index in [2.05, 4.69) is 15.6 Å². The van der Waals surface area contributed by atoms with E-state index < -0.39 is 4.92 Å². The van der Waals surface area contributed by atoms with Gasteiger partial charge in [0.05, 0.1) is 4.92 Å². The lowest BCUT2D eigenvalue weighted by Crippen LogP contribution is -2.22. The molecule has 0 amide bonds. The molecule has 8 nitrogen and oxygen atoms in total. The van der Waals surface area contributed by atoms with Crippen molar-refractivity contribution in [2.75, 3.05) is 29.9 Å². The number of pyridine rings is 1. The SMILES string of the molecule is Cl.Nc1ccc(N)c(CNCCNc2ccc([N+](=O)[O-])cn2)c1. The van der Waals surface area contributed by atoms with Crippen LogP contribution >= 0.6 is 12.4 Å². The van der Waals surface area contributed by atoms with Gasteiger partial charge in [0, 0.05) is 37.1 Å². The number of halogens is 1. The van der Waals surface area contributed by atoms with E-state index in [1.807, 2.05) is 6.07 Å². The quantitative estimate of drug-likeness (QED) is 0.262. The van der Waals surface area contributed by atoms with E-state index in [0.717, 1.165) is 5.56 Å². The summed E-state index contributed by atoms with van der Waals surface area (Å²) in [4.78, 5) is 14.0. The summed E-state index contributed by atoms with van der Waals surface area (Å²) in [7, 11) is 0. The highest BCUT2D eigenvalue weighted by Crippen LogP contribution is 2.15. The van der Waals surface area contributed by atoms with Gasteiger partial charge in [-0.1, -0.05) is 0 Å². The van der Waals surface area contributed by atoms with Gasteiger partial charge in [-0.2, -0.15) is 0 Å². The number of aromatic nitrogens is 1. The number of nitrogens with one attached hydrogen (secondary N) is 2. The number of rotatable bonds is 7. The highest BCUT2D eigenvalue weighted by molar-refractivity contribution is 5.85. The predicted octanol–water partition coefficient (Wildman–Crippen LogP) is 1.78. The fraction of sp³-hybridized carbons (Fsp3) is 0.214. The molecule has 0 spiro atoms. The standard InChI is InChI=1S/C14H18N6O2.ClH/c15-11-1-3-13(16)10(7-11)8-17-5-6-18-14-4-2-12(9-19-14)20(21)22;/h1-4,7,9,17H,5-6,8,15-16H2,(H,18,19);1H. The summed E-state index contributed by atoms with van der Waals surface area (Å²) in [6.07, 6.45) is 1.23. The number of benzene rings is 1. The molecule has 0 aliphatic carbocycles. The molecule has 0 saturated heterocycles. The average molecular weight is 339 g/mol. The molecular formula is C14H19ClN6O2. The number of hydrogen-bond acceptors (Lipinski definition) is 7. The van der Waals surface area contributed by atoms with Crippen molar-refractivity contribution in [3.8, 4) is 0 Å². The second-order valence-electron chi connectivity index (χ2n) is 4.72. The predicted molar refractivity (Wildman–Crippen MR) is 93.6 cm³/mol. The van der Waals surface area contributed by atoms with Crippen molar-refractivity contribution in [2.24, 2.45) is 0 Å². The summed E-state index contributed by atoms with van der Waals surface area (Å²) in [5.74, 6) is 0.593. The minimum absolute atomic E-state index is 0. The van der Waals surface area contributed by atoms with Gasteiger partial charge in [0.1, 0.15) is 12.0 Å². The number of hydrogen-bond donors (Lipinski definition) is 4. The number of nitrogen functional groups attached to an aromatic ring is 2. The first-order valence-corrected chi connectivity index (χ1v) is 6.75. The van der Waals surface area contributed by atoms with E-state index in [4.69, 9.17) is 11.5 Å². The van der Waals surface area contributed by atoms with Crippen LogP contribution in [0.5, 0.6) is 0 Å². The van der Waals surface area contributed by atoms with Crippen LogP contribution in [-0.4, -0.2) is 23.0 Å². The highest BCUT2D eigenvalue weighted by atomic mass is 35.5. The number of anilines is 3. The summed E-state index contributed by atoms with van der Waals surface area (Å²) in [5, 5.41) is 16.8. The maximum absolute atomic E-state index is 10.5. The highest BCUT2D eigenvalue weighted by Gasteiger charge is 2.04. The Kier molecular flexibility index (Phi) is 7.04. The fourth-order valence-electron chi connectivity index (χ4n) is 1.88. The molecular weight excluding hydrogens is 320 g/mol. The molecule has 0 unspecified atom stereocenters. The average Bonchev–Trinajstić information content (AvgIpc) is 2.50. The van der Waals surface area contributed by atoms with Crippen LogP contribution in [0.15, 0.2) is 36.5 Å². The van der Waals surface area contributed by atoms with Crippen molar-refractivity contribution in [3.63, 3.8) is 0 Å². The van der Waals surface area contributed by atoms with Crippen LogP contribution in [0, 0.1) is 10.1 Å². The van der Waals surface area contributed by atoms with Gasteiger partial charge in [-0.05, 0) is 29.8 Å². The lowest BCUT2D eigenvalue weighted by molar-refractivity contribution is -0.385. The minimum Gasteiger partial charge on any atom is -0.399 e. The van der Waals surface area contributed by atoms with Crippen molar-refractivity contribution in [3.05, 3.63) is 52.2 Å². The van der Waals surface area contributed by atoms with E-state index in [-0.39, 0.29) is 18.1 Å². The molecule has 9 heteroatoms. The van der Waals surface area contributed by atoms with Gasteiger partial charge < -0.3 is 22.1 Å². The smallest absolute Gasteiger partial charge is 0.287 e. The molecule has 0 radical (unpaired) electrons. The first kappa shape index (κ1) is 18.5. The van der Waals surface area contributed by atoms with E-state index >= 15 is 0 Å². The first-order valence-electron chi connectivity index (χ1n) is 6.75. The molecule has 0 atom stereocenters. The Balaban J connectivity index is 0.00000264. The van der Waals surface area contributed by atoms with Gasteiger partial charge in [-0.15, -0.1) is 12.4 Å². The summed E-state index contributed by atoms with van der Waals surface area (Å²) >= 11 is 0. The molecule has 1 heterocycles. The molecule has 2 rings (SSSR count). The van der Waals surface area contributed by atoms with Crippen molar-refractivity contribution in [1.82, 2.24) is 10.3 Å². The van der Waals surface area contributed by atoms with Crippen LogP contribution in [0.1, 0.15) is 5.56 Å². The monoisotopic (exact) mass is 338 g/mol. The lowest BCUT2D eigenvalue weighted by atomic mass is 10.1. The second-order valence-corrected chi connectivity index (χ2v) is 4.72. The molecule has 6 N–H and O–H groups in total. The van der Waals surface area contributed by atoms with Crippen LogP contribution in [0.2, 0.25) is 0 Å². The molecule has 0 bridgehead atoms. The van der Waals surface area contributed by atoms with E-state index in [1.54, 1.807) is 18.2 Å². The van der Waals surface area contributed by atoms with Crippen LogP contribution < -0.4 is 22.1 Å². The third-order valence-corrected chi connectivity index (χ3v) is 3.05. The molecule has 1 aromatic heterocycles. The Morgan fingerprint density at radius 2 is 1.96 bits per heavy atom. The summed E-state index contributed by atoms with van der Waals surface area (Å²) in [5.41, 5.74) is 13.9. The Labute approximate surface area is 139 Å². The van der Waals surface area contributed by atoms with Gasteiger partial charge in [0.25, 0.3) is 5.69 Å². The largest absolute Gasteiger partial charge is 0.399 e. The van der Waals surface area contributed by atoms with E-state index in [9.17, 15) is 10.1 Å².